The molecule has 2 aromatic rings. The topological polar surface area (TPSA) is 15.3 Å². The summed E-state index contributed by atoms with van der Waals surface area (Å²) in [6.45, 7) is 6.59. The van der Waals surface area contributed by atoms with Gasteiger partial charge in [0.05, 0.1) is 0 Å². The number of halogens is 1. The Labute approximate surface area is 152 Å². The maximum Gasteiger partial charge on any atom is 0.0301 e. The number of nitrogens with zero attached hydrogens (tertiary/aromatic N) is 1. The minimum Gasteiger partial charge on any atom is -0.372 e. The number of allylic oxidation sites excluding steroid dienone is 1. The zero-order valence-corrected chi connectivity index (χ0v) is 15.7. The molecule has 2 aromatic carbocycles. The van der Waals surface area contributed by atoms with Crippen molar-refractivity contribution in [1.29, 1.82) is 0 Å². The van der Waals surface area contributed by atoms with E-state index in [0.29, 0.717) is 5.92 Å². The highest BCUT2D eigenvalue weighted by molar-refractivity contribution is 14.1. The van der Waals surface area contributed by atoms with Crippen LogP contribution in [-0.4, -0.2) is 31.1 Å². The van der Waals surface area contributed by atoms with Crippen LogP contribution in [0.2, 0.25) is 0 Å². The molecule has 1 atom stereocenters. The van der Waals surface area contributed by atoms with Gasteiger partial charge < -0.3 is 10.2 Å². The molecule has 120 valence electrons. The van der Waals surface area contributed by atoms with E-state index in [9.17, 15) is 0 Å². The van der Waals surface area contributed by atoms with E-state index in [2.05, 4.69) is 100 Å². The zero-order valence-electron chi connectivity index (χ0n) is 13.5. The molecule has 1 aliphatic rings. The van der Waals surface area contributed by atoms with Gasteiger partial charge >= 0.3 is 0 Å². The van der Waals surface area contributed by atoms with Crippen LogP contribution in [0.15, 0.2) is 60.3 Å². The quantitative estimate of drug-likeness (QED) is 0.744. The number of nitrogens with one attached hydrogen (secondary N) is 1. The van der Waals surface area contributed by atoms with E-state index in [1.165, 1.54) is 20.4 Å². The summed E-state index contributed by atoms with van der Waals surface area (Å²) in [6, 6.07) is 19.6. The number of piperazine rings is 1. The summed E-state index contributed by atoms with van der Waals surface area (Å²) in [4.78, 5) is 2.53. The fourth-order valence-corrected chi connectivity index (χ4v) is 3.42. The summed E-state index contributed by atoms with van der Waals surface area (Å²) < 4.78 is 1.29. The van der Waals surface area contributed by atoms with E-state index in [-0.39, 0.29) is 0 Å². The Morgan fingerprint density at radius 2 is 1.70 bits per heavy atom. The van der Waals surface area contributed by atoms with Crippen LogP contribution in [0.5, 0.6) is 0 Å². The Morgan fingerprint density at radius 1 is 1.04 bits per heavy atom. The molecule has 2 nitrogen and oxygen atoms in total. The van der Waals surface area contributed by atoms with Crippen LogP contribution in [0.3, 0.4) is 0 Å². The molecular weight excluding hydrogens is 395 g/mol. The molecule has 23 heavy (non-hydrogen) atoms. The fourth-order valence-electron chi connectivity index (χ4n) is 3.06. The van der Waals surface area contributed by atoms with Crippen LogP contribution >= 0.6 is 22.6 Å². The molecular formula is C20H23IN2. The monoisotopic (exact) mass is 418 g/mol. The van der Waals surface area contributed by atoms with Gasteiger partial charge in [0.2, 0.25) is 0 Å². The molecule has 1 saturated heterocycles. The second-order valence-electron chi connectivity index (χ2n) is 5.99. The van der Waals surface area contributed by atoms with Gasteiger partial charge in [-0.1, -0.05) is 49.4 Å². The van der Waals surface area contributed by atoms with Crippen LogP contribution in [0.4, 0.5) is 0 Å². The van der Waals surface area contributed by atoms with Gasteiger partial charge in [0.25, 0.3) is 0 Å². The smallest absolute Gasteiger partial charge is 0.0301 e. The average Bonchev–Trinajstić information content (AvgIpc) is 2.61. The lowest BCUT2D eigenvalue weighted by molar-refractivity contribution is 0.287. The first-order chi connectivity index (χ1) is 11.2. The molecule has 1 N–H and O–H groups in total. The molecule has 1 aliphatic heterocycles. The number of hydrogen-bond donors (Lipinski definition) is 1. The molecule has 0 spiro atoms. The van der Waals surface area contributed by atoms with Crippen LogP contribution in [0.25, 0.3) is 6.08 Å². The second kappa shape index (κ2) is 7.97. The van der Waals surface area contributed by atoms with E-state index in [1.54, 1.807) is 0 Å². The summed E-state index contributed by atoms with van der Waals surface area (Å²) in [5, 5.41) is 3.45. The van der Waals surface area contributed by atoms with Gasteiger partial charge in [0.1, 0.15) is 0 Å². The van der Waals surface area contributed by atoms with Gasteiger partial charge in [-0.15, -0.1) is 0 Å². The van der Waals surface area contributed by atoms with Crippen molar-refractivity contribution >= 4 is 28.7 Å². The summed E-state index contributed by atoms with van der Waals surface area (Å²) in [5.41, 5.74) is 4.07. The average molecular weight is 418 g/mol. The SMILES string of the molecule is CC(C(=Cc1ccccc1)N1CCNCC1)c1ccc(I)cc1. The first kappa shape index (κ1) is 16.5. The van der Waals surface area contributed by atoms with Crippen molar-refractivity contribution in [3.63, 3.8) is 0 Å². The van der Waals surface area contributed by atoms with Crippen molar-refractivity contribution in [2.45, 2.75) is 12.8 Å². The number of rotatable bonds is 4. The van der Waals surface area contributed by atoms with Crippen LogP contribution in [0.1, 0.15) is 24.0 Å². The third-order valence-electron chi connectivity index (χ3n) is 4.41. The molecule has 3 rings (SSSR count). The fraction of sp³-hybridized carbons (Fsp3) is 0.300. The zero-order chi connectivity index (χ0) is 16.1. The lowest BCUT2D eigenvalue weighted by atomic mass is 9.94. The highest BCUT2D eigenvalue weighted by Gasteiger charge is 2.19. The molecule has 1 heterocycles. The van der Waals surface area contributed by atoms with Gasteiger partial charge in [0, 0.05) is 41.4 Å². The van der Waals surface area contributed by atoms with Crippen LogP contribution < -0.4 is 5.32 Å². The van der Waals surface area contributed by atoms with Gasteiger partial charge in [-0.25, -0.2) is 0 Å². The van der Waals surface area contributed by atoms with Crippen LogP contribution in [0, 0.1) is 3.57 Å². The molecule has 1 fully saturated rings. The van der Waals surface area contributed by atoms with Gasteiger partial charge in [-0.2, -0.15) is 0 Å². The van der Waals surface area contributed by atoms with Crippen LogP contribution in [-0.2, 0) is 0 Å². The van der Waals surface area contributed by atoms with E-state index in [1.807, 2.05) is 0 Å². The van der Waals surface area contributed by atoms with Crippen molar-refractivity contribution in [2.75, 3.05) is 26.2 Å². The lowest BCUT2D eigenvalue weighted by Crippen LogP contribution is -2.43. The van der Waals surface area contributed by atoms with Gasteiger partial charge in [0.15, 0.2) is 0 Å². The van der Waals surface area contributed by atoms with Gasteiger partial charge in [-0.05, 0) is 51.9 Å². The van der Waals surface area contributed by atoms with Crippen molar-refractivity contribution in [3.05, 3.63) is 75.0 Å². The molecule has 0 saturated carbocycles. The molecule has 3 heteroatoms. The molecule has 0 bridgehead atoms. The summed E-state index contributed by atoms with van der Waals surface area (Å²) in [6.07, 6.45) is 2.36. The van der Waals surface area contributed by atoms with Crippen molar-refractivity contribution in [1.82, 2.24) is 10.2 Å². The lowest BCUT2D eigenvalue weighted by Gasteiger charge is -2.35. The largest absolute Gasteiger partial charge is 0.372 e. The third kappa shape index (κ3) is 4.36. The predicted molar refractivity (Wildman–Crippen MR) is 106 cm³/mol. The summed E-state index contributed by atoms with van der Waals surface area (Å²) >= 11 is 2.37. The minimum atomic E-state index is 0.394. The van der Waals surface area contributed by atoms with Crippen molar-refractivity contribution in [2.24, 2.45) is 0 Å². The standard InChI is InChI=1S/C20H23IN2/c1-16(18-7-9-19(21)10-8-18)20(23-13-11-22-12-14-23)15-17-5-3-2-4-6-17/h2-10,15-16,22H,11-14H2,1H3. The highest BCUT2D eigenvalue weighted by atomic mass is 127. The summed E-state index contributed by atoms with van der Waals surface area (Å²) in [7, 11) is 0. The first-order valence-corrected chi connectivity index (χ1v) is 9.30. The Bertz CT molecular complexity index is 643. The van der Waals surface area contributed by atoms with Crippen molar-refractivity contribution < 1.29 is 0 Å². The van der Waals surface area contributed by atoms with Crippen molar-refractivity contribution in [3.8, 4) is 0 Å². The Morgan fingerprint density at radius 3 is 2.35 bits per heavy atom. The Hall–Kier alpha value is -1.33. The van der Waals surface area contributed by atoms with E-state index in [4.69, 9.17) is 0 Å². The Kier molecular flexibility index (Phi) is 5.73. The molecule has 0 aromatic heterocycles. The molecule has 1 unspecified atom stereocenters. The van der Waals surface area contributed by atoms with E-state index in [0.717, 1.165) is 26.2 Å². The first-order valence-electron chi connectivity index (χ1n) is 8.22. The normalized spacial score (nSPS) is 17.1. The number of benzene rings is 2. The maximum absolute atomic E-state index is 3.45. The Balaban J connectivity index is 1.93. The number of hydrogen-bond acceptors (Lipinski definition) is 2. The maximum atomic E-state index is 3.45. The molecule has 0 aliphatic carbocycles. The minimum absolute atomic E-state index is 0.394. The predicted octanol–water partition coefficient (Wildman–Crippen LogP) is 4.34. The molecule has 0 amide bonds. The third-order valence-corrected chi connectivity index (χ3v) is 5.13. The summed E-state index contributed by atoms with van der Waals surface area (Å²) in [5.74, 6) is 0.394. The second-order valence-corrected chi connectivity index (χ2v) is 7.24. The highest BCUT2D eigenvalue weighted by Crippen LogP contribution is 2.29. The van der Waals surface area contributed by atoms with E-state index >= 15 is 0 Å². The van der Waals surface area contributed by atoms with E-state index < -0.39 is 0 Å². The van der Waals surface area contributed by atoms with Gasteiger partial charge in [-0.3, -0.25) is 0 Å². The molecule has 0 radical (unpaired) electrons.